The fraction of sp³-hybridized carbons (Fsp3) is 0.143. The van der Waals surface area contributed by atoms with E-state index in [1.165, 1.54) is 22.3 Å². The smallest absolute Gasteiger partial charge is 0.0838 e. The fourth-order valence-corrected chi connectivity index (χ4v) is 4.85. The third kappa shape index (κ3) is 2.92. The Labute approximate surface area is 177 Å². The molecule has 0 spiro atoms. The van der Waals surface area contributed by atoms with E-state index in [-0.39, 0.29) is 0 Å². The Morgan fingerprint density at radius 1 is 0.533 bits per heavy atom. The van der Waals surface area contributed by atoms with Crippen LogP contribution in [-0.2, 0) is 4.74 Å². The summed E-state index contributed by atoms with van der Waals surface area (Å²) in [6.07, 6.45) is 2.92. The molecule has 1 fully saturated rings. The fourth-order valence-electron chi connectivity index (χ4n) is 4.85. The Balaban J connectivity index is 1.43. The van der Waals surface area contributed by atoms with Gasteiger partial charge in [-0.25, -0.2) is 0 Å². The zero-order valence-electron chi connectivity index (χ0n) is 16.7. The topological polar surface area (TPSA) is 12.5 Å². The van der Waals surface area contributed by atoms with Gasteiger partial charge in [-0.3, -0.25) is 0 Å². The predicted octanol–water partition coefficient (Wildman–Crippen LogP) is 7.73. The summed E-state index contributed by atoms with van der Waals surface area (Å²) in [6.45, 7) is 0. The van der Waals surface area contributed by atoms with Crippen molar-refractivity contribution in [1.29, 1.82) is 0 Å². The molecular weight excluding hydrogens is 366 g/mol. The van der Waals surface area contributed by atoms with Crippen LogP contribution in [0.5, 0.6) is 0 Å². The second kappa shape index (κ2) is 7.16. The van der Waals surface area contributed by atoms with Crippen molar-refractivity contribution in [3.05, 3.63) is 114 Å². The van der Waals surface area contributed by atoms with E-state index in [0.717, 1.165) is 29.9 Å². The highest BCUT2D eigenvalue weighted by molar-refractivity contribution is 5.80. The van der Waals surface area contributed by atoms with Crippen molar-refractivity contribution in [2.45, 2.75) is 25.0 Å². The van der Waals surface area contributed by atoms with Crippen LogP contribution in [0.25, 0.3) is 11.1 Å². The highest BCUT2D eigenvalue weighted by Crippen LogP contribution is 2.51. The first-order valence-electron chi connectivity index (χ1n) is 10.7. The molecule has 146 valence electrons. The number of benzene rings is 4. The summed E-state index contributed by atoms with van der Waals surface area (Å²) in [5.74, 6) is 0. The van der Waals surface area contributed by atoms with Gasteiger partial charge in [0.05, 0.1) is 12.2 Å². The zero-order chi connectivity index (χ0) is 19.9. The van der Waals surface area contributed by atoms with E-state index in [1.54, 1.807) is 0 Å². The van der Waals surface area contributed by atoms with Gasteiger partial charge in [0.15, 0.2) is 0 Å². The molecule has 0 N–H and O–H groups in total. The molecule has 0 aromatic heterocycles. The molecule has 0 aliphatic carbocycles. The van der Waals surface area contributed by atoms with E-state index >= 15 is 0 Å². The Kier molecular flexibility index (Phi) is 4.17. The summed E-state index contributed by atoms with van der Waals surface area (Å²) in [7, 11) is 0. The molecule has 6 rings (SSSR count). The molecular formula is C28H23NO. The van der Waals surface area contributed by atoms with Crippen LogP contribution in [-0.4, -0.2) is 0 Å². The van der Waals surface area contributed by atoms with Crippen LogP contribution in [0.1, 0.15) is 36.2 Å². The number of anilines is 3. The highest BCUT2D eigenvalue weighted by Gasteiger charge is 2.37. The maximum absolute atomic E-state index is 6.10. The minimum atomic E-state index is 0.290. The van der Waals surface area contributed by atoms with Gasteiger partial charge < -0.3 is 9.64 Å². The average Bonchev–Trinajstić information content (AvgIpc) is 3.44. The van der Waals surface area contributed by atoms with Crippen molar-refractivity contribution in [1.82, 2.24) is 0 Å². The van der Waals surface area contributed by atoms with E-state index < -0.39 is 0 Å². The van der Waals surface area contributed by atoms with Crippen molar-refractivity contribution in [3.63, 3.8) is 0 Å². The molecule has 0 saturated carbocycles. The number of nitrogens with zero attached hydrogens (tertiary/aromatic N) is 1. The van der Waals surface area contributed by atoms with Crippen molar-refractivity contribution >= 4 is 17.1 Å². The largest absolute Gasteiger partial charge is 0.366 e. The zero-order valence-corrected chi connectivity index (χ0v) is 16.7. The van der Waals surface area contributed by atoms with E-state index in [0.29, 0.717) is 12.2 Å². The first-order valence-corrected chi connectivity index (χ1v) is 10.7. The molecule has 30 heavy (non-hydrogen) atoms. The van der Waals surface area contributed by atoms with Gasteiger partial charge in [0, 0.05) is 17.1 Å². The van der Waals surface area contributed by atoms with Crippen LogP contribution in [0.15, 0.2) is 103 Å². The summed E-state index contributed by atoms with van der Waals surface area (Å²) in [5, 5.41) is 0. The van der Waals surface area contributed by atoms with Gasteiger partial charge >= 0.3 is 0 Å². The minimum absolute atomic E-state index is 0.290. The van der Waals surface area contributed by atoms with Crippen molar-refractivity contribution in [3.8, 4) is 11.1 Å². The van der Waals surface area contributed by atoms with Crippen molar-refractivity contribution < 1.29 is 4.74 Å². The third-order valence-electron chi connectivity index (χ3n) is 6.27. The van der Waals surface area contributed by atoms with Gasteiger partial charge in [0.2, 0.25) is 0 Å². The number of hydrogen-bond acceptors (Lipinski definition) is 2. The quantitative estimate of drug-likeness (QED) is 0.354. The summed E-state index contributed by atoms with van der Waals surface area (Å²) >= 11 is 0. The second-order valence-corrected chi connectivity index (χ2v) is 8.09. The lowest BCUT2D eigenvalue weighted by Gasteiger charge is -2.26. The van der Waals surface area contributed by atoms with Crippen LogP contribution in [0.2, 0.25) is 0 Å². The normalized spacial score (nSPS) is 18.9. The van der Waals surface area contributed by atoms with Gasteiger partial charge in [0.1, 0.15) is 0 Å². The molecule has 2 nitrogen and oxygen atoms in total. The highest BCUT2D eigenvalue weighted by atomic mass is 16.5. The molecule has 2 heterocycles. The number of fused-ring (bicyclic) bond motifs is 5. The lowest BCUT2D eigenvalue weighted by atomic mass is 9.89. The molecule has 0 amide bonds. The lowest BCUT2D eigenvalue weighted by molar-refractivity contribution is 0.0717. The van der Waals surface area contributed by atoms with Crippen molar-refractivity contribution in [2.24, 2.45) is 0 Å². The maximum Gasteiger partial charge on any atom is 0.0838 e. The molecule has 0 radical (unpaired) electrons. The van der Waals surface area contributed by atoms with E-state index in [9.17, 15) is 0 Å². The Morgan fingerprint density at radius 2 is 1.13 bits per heavy atom. The number of ether oxygens (including phenoxy) is 1. The Morgan fingerprint density at radius 3 is 1.83 bits per heavy atom. The van der Waals surface area contributed by atoms with Crippen molar-refractivity contribution in [2.75, 3.05) is 4.90 Å². The molecule has 2 heteroatoms. The maximum atomic E-state index is 6.10. The number of para-hydroxylation sites is 2. The monoisotopic (exact) mass is 389 g/mol. The van der Waals surface area contributed by atoms with Gasteiger partial charge in [-0.05, 0) is 77.6 Å². The SMILES string of the molecule is c1ccc(N(c2ccccc2)c2cccc(-c3ccc4c(c3)C3CCC4O3)c2)cc1. The Hall–Kier alpha value is -3.36. The lowest BCUT2D eigenvalue weighted by Crippen LogP contribution is -2.09. The first kappa shape index (κ1) is 17.5. The molecule has 4 aromatic carbocycles. The van der Waals surface area contributed by atoms with E-state index in [4.69, 9.17) is 4.74 Å². The van der Waals surface area contributed by atoms with Crippen LogP contribution < -0.4 is 4.90 Å². The van der Waals surface area contributed by atoms with Gasteiger partial charge in [-0.2, -0.15) is 0 Å². The van der Waals surface area contributed by atoms with Gasteiger partial charge in [-0.1, -0.05) is 60.7 Å². The standard InChI is InChI=1S/C28H23NO/c1-3-9-22(10-4-1)29(23-11-5-2-6-12-23)24-13-7-8-20(18-24)21-14-15-25-26(19-21)28-17-16-27(25)30-28/h1-15,18-19,27-28H,16-17H2. The summed E-state index contributed by atoms with van der Waals surface area (Å²) in [4.78, 5) is 2.31. The summed E-state index contributed by atoms with van der Waals surface area (Å²) < 4.78 is 6.10. The number of rotatable bonds is 4. The van der Waals surface area contributed by atoms with E-state index in [1.807, 2.05) is 0 Å². The molecule has 2 atom stereocenters. The Bertz CT molecular complexity index is 1150. The second-order valence-electron chi connectivity index (χ2n) is 8.09. The molecule has 1 saturated heterocycles. The van der Waals surface area contributed by atoms with E-state index in [2.05, 4.69) is 108 Å². The number of hydrogen-bond donors (Lipinski definition) is 0. The van der Waals surface area contributed by atoms with Crippen LogP contribution in [0.3, 0.4) is 0 Å². The van der Waals surface area contributed by atoms with Crippen LogP contribution in [0.4, 0.5) is 17.1 Å². The van der Waals surface area contributed by atoms with Crippen LogP contribution in [0, 0.1) is 0 Å². The molecule has 2 bridgehead atoms. The molecule has 4 aromatic rings. The summed E-state index contributed by atoms with van der Waals surface area (Å²) in [6, 6.07) is 36.8. The minimum Gasteiger partial charge on any atom is -0.366 e. The third-order valence-corrected chi connectivity index (χ3v) is 6.27. The van der Waals surface area contributed by atoms with Gasteiger partial charge in [-0.15, -0.1) is 0 Å². The average molecular weight is 389 g/mol. The van der Waals surface area contributed by atoms with Gasteiger partial charge in [0.25, 0.3) is 0 Å². The predicted molar refractivity (Wildman–Crippen MR) is 122 cm³/mol. The van der Waals surface area contributed by atoms with Crippen LogP contribution >= 0.6 is 0 Å². The first-order chi connectivity index (χ1) is 14.9. The molecule has 2 aliphatic rings. The molecule has 2 aliphatic heterocycles. The molecule has 2 unspecified atom stereocenters. The summed E-state index contributed by atoms with van der Waals surface area (Å²) in [5.41, 5.74) is 8.73.